The number of nitrogens with zero attached hydrogens (tertiary/aromatic N) is 3. The van der Waals surface area contributed by atoms with Gasteiger partial charge in [0.25, 0.3) is 17.5 Å². The minimum atomic E-state index is -1.27. The standard InChI is InChI=1S/C34H27N3O7/c1-3-44-34(40)31-30(22-12-16-24(17-13-22)37(41)42)26-9-5-4-8-23(26)20-29(21-14-18-25(43-2)19-15-21)35(31)36-32(38)27-10-6-7-11-28(27)33(36)39/h4-20,30-31H,3H2,1-2H3/t30-,31-/m0/s1. The van der Waals surface area contributed by atoms with Gasteiger partial charge in [0.05, 0.1) is 35.5 Å². The second-order valence-corrected chi connectivity index (χ2v) is 10.2. The van der Waals surface area contributed by atoms with Gasteiger partial charge >= 0.3 is 5.97 Å². The molecule has 2 amide bonds. The first-order chi connectivity index (χ1) is 21.3. The van der Waals surface area contributed by atoms with Crippen LogP contribution in [0.1, 0.15) is 55.8 Å². The summed E-state index contributed by atoms with van der Waals surface area (Å²) in [5, 5.41) is 13.9. The average molecular weight is 590 g/mol. The molecular weight excluding hydrogens is 562 g/mol. The predicted molar refractivity (Wildman–Crippen MR) is 161 cm³/mol. The van der Waals surface area contributed by atoms with Crippen molar-refractivity contribution in [2.45, 2.75) is 18.9 Å². The zero-order valence-electron chi connectivity index (χ0n) is 23.9. The first-order valence-electron chi connectivity index (χ1n) is 14.0. The summed E-state index contributed by atoms with van der Waals surface area (Å²) >= 11 is 0. The first kappa shape index (κ1) is 28.4. The Morgan fingerprint density at radius 2 is 1.48 bits per heavy atom. The van der Waals surface area contributed by atoms with Crippen molar-refractivity contribution >= 4 is 35.2 Å². The Hall–Kier alpha value is -5.77. The van der Waals surface area contributed by atoms with Crippen LogP contribution in [0.4, 0.5) is 5.69 Å². The molecule has 0 unspecified atom stereocenters. The van der Waals surface area contributed by atoms with Crippen molar-refractivity contribution in [3.8, 4) is 5.75 Å². The lowest BCUT2D eigenvalue weighted by molar-refractivity contribution is -0.384. The highest BCUT2D eigenvalue weighted by molar-refractivity contribution is 6.21. The molecule has 0 aromatic heterocycles. The minimum Gasteiger partial charge on any atom is -0.497 e. The zero-order chi connectivity index (χ0) is 31.0. The largest absolute Gasteiger partial charge is 0.497 e. The summed E-state index contributed by atoms with van der Waals surface area (Å²) in [4.78, 5) is 53.3. The molecule has 2 aliphatic rings. The third-order valence-corrected chi connectivity index (χ3v) is 7.81. The van der Waals surface area contributed by atoms with E-state index in [0.29, 0.717) is 28.1 Å². The zero-order valence-corrected chi connectivity index (χ0v) is 23.9. The molecule has 0 saturated heterocycles. The number of hydrogen-bond donors (Lipinski definition) is 0. The van der Waals surface area contributed by atoms with Crippen LogP contribution in [0, 0.1) is 10.1 Å². The highest BCUT2D eigenvalue weighted by Gasteiger charge is 2.49. The van der Waals surface area contributed by atoms with E-state index in [1.807, 2.05) is 30.3 Å². The molecule has 0 N–H and O–H groups in total. The van der Waals surface area contributed by atoms with Crippen LogP contribution < -0.4 is 4.74 Å². The molecule has 0 radical (unpaired) electrons. The number of nitro groups is 1. The maximum atomic E-state index is 14.2. The summed E-state index contributed by atoms with van der Waals surface area (Å²) in [6, 6.07) is 25.6. The number of ether oxygens (including phenoxy) is 2. The molecule has 2 atom stereocenters. The van der Waals surface area contributed by atoms with Crippen molar-refractivity contribution < 1.29 is 28.8 Å². The van der Waals surface area contributed by atoms with Crippen LogP contribution in [-0.4, -0.2) is 52.5 Å². The minimum absolute atomic E-state index is 0.0432. The van der Waals surface area contributed by atoms with Crippen LogP contribution in [0.5, 0.6) is 5.75 Å². The molecule has 0 bridgehead atoms. The molecule has 0 fully saturated rings. The number of hydrogen-bond acceptors (Lipinski definition) is 8. The summed E-state index contributed by atoms with van der Waals surface area (Å²) in [5.41, 5.74) is 3.32. The fourth-order valence-electron chi connectivity index (χ4n) is 5.81. The van der Waals surface area contributed by atoms with Crippen LogP contribution in [-0.2, 0) is 9.53 Å². The number of carbonyl (C=O) groups is 3. The third-order valence-electron chi connectivity index (χ3n) is 7.81. The van der Waals surface area contributed by atoms with Crippen molar-refractivity contribution in [3.05, 3.63) is 141 Å². The Kier molecular flexibility index (Phi) is 7.40. The normalized spacial score (nSPS) is 17.4. The van der Waals surface area contributed by atoms with E-state index in [9.17, 15) is 24.5 Å². The number of carbonyl (C=O) groups excluding carboxylic acids is 3. The fourth-order valence-corrected chi connectivity index (χ4v) is 5.81. The Balaban J connectivity index is 1.65. The van der Waals surface area contributed by atoms with Gasteiger partial charge in [-0.15, -0.1) is 0 Å². The number of non-ortho nitro benzene ring substituents is 1. The van der Waals surface area contributed by atoms with Gasteiger partial charge in [-0.2, -0.15) is 5.01 Å². The monoisotopic (exact) mass is 589 g/mol. The van der Waals surface area contributed by atoms with Crippen molar-refractivity contribution in [2.24, 2.45) is 0 Å². The molecule has 10 heteroatoms. The Labute approximate surface area is 252 Å². The van der Waals surface area contributed by atoms with Crippen molar-refractivity contribution in [2.75, 3.05) is 13.7 Å². The third kappa shape index (κ3) is 4.76. The van der Waals surface area contributed by atoms with Gasteiger partial charge in [0.1, 0.15) is 5.75 Å². The average Bonchev–Trinajstić information content (AvgIpc) is 3.20. The van der Waals surface area contributed by atoms with E-state index in [1.54, 1.807) is 74.7 Å². The lowest BCUT2D eigenvalue weighted by atomic mass is 9.83. The summed E-state index contributed by atoms with van der Waals surface area (Å²) in [6.45, 7) is 1.72. The molecule has 2 aliphatic heterocycles. The van der Waals surface area contributed by atoms with E-state index >= 15 is 0 Å². The SMILES string of the molecule is CCOC(=O)[C@@H]1[C@@H](c2ccc([N+](=O)[O-])cc2)c2ccccc2C=C(c2ccc(OC)cc2)N1N1C(=O)c2ccccc2C1=O. The molecule has 0 aliphatic carbocycles. The molecule has 4 aromatic rings. The Morgan fingerprint density at radius 1 is 0.864 bits per heavy atom. The molecule has 10 nitrogen and oxygen atoms in total. The topological polar surface area (TPSA) is 119 Å². The van der Waals surface area contributed by atoms with Crippen molar-refractivity contribution in [1.82, 2.24) is 10.0 Å². The maximum absolute atomic E-state index is 14.2. The van der Waals surface area contributed by atoms with Gasteiger partial charge < -0.3 is 9.47 Å². The smallest absolute Gasteiger partial charge is 0.331 e. The maximum Gasteiger partial charge on any atom is 0.331 e. The summed E-state index contributed by atoms with van der Waals surface area (Å²) in [6.07, 6.45) is 1.83. The van der Waals surface area contributed by atoms with Gasteiger partial charge in [-0.25, -0.2) is 4.79 Å². The molecule has 4 aromatic carbocycles. The number of methoxy groups -OCH3 is 1. The number of fused-ring (bicyclic) bond motifs is 2. The van der Waals surface area contributed by atoms with Gasteiger partial charge in [-0.1, -0.05) is 48.5 Å². The van der Waals surface area contributed by atoms with E-state index in [0.717, 1.165) is 10.6 Å². The molecule has 0 saturated carbocycles. The Morgan fingerprint density at radius 3 is 2.07 bits per heavy atom. The van der Waals surface area contributed by atoms with Gasteiger partial charge in [0.15, 0.2) is 6.04 Å². The summed E-state index contributed by atoms with van der Waals surface area (Å²) < 4.78 is 11.0. The van der Waals surface area contributed by atoms with Crippen LogP contribution in [0.15, 0.2) is 97.1 Å². The van der Waals surface area contributed by atoms with Gasteiger partial charge in [-0.05, 0) is 71.7 Å². The lowest BCUT2D eigenvalue weighted by Gasteiger charge is -2.41. The number of nitro benzene ring substituents is 1. The highest BCUT2D eigenvalue weighted by atomic mass is 16.6. The second-order valence-electron chi connectivity index (χ2n) is 10.2. The quantitative estimate of drug-likeness (QED) is 0.117. The Bertz CT molecular complexity index is 1780. The summed E-state index contributed by atoms with van der Waals surface area (Å²) in [7, 11) is 1.55. The number of rotatable bonds is 7. The van der Waals surface area contributed by atoms with Crippen LogP contribution >= 0.6 is 0 Å². The van der Waals surface area contributed by atoms with Crippen LogP contribution in [0.3, 0.4) is 0 Å². The van der Waals surface area contributed by atoms with Crippen molar-refractivity contribution in [3.63, 3.8) is 0 Å². The van der Waals surface area contributed by atoms with E-state index in [1.165, 1.54) is 17.1 Å². The molecule has 2 heterocycles. The van der Waals surface area contributed by atoms with Gasteiger partial charge in [0, 0.05) is 18.1 Å². The highest BCUT2D eigenvalue weighted by Crippen LogP contribution is 2.44. The van der Waals surface area contributed by atoms with E-state index in [2.05, 4.69) is 0 Å². The molecular formula is C34H27N3O7. The van der Waals surface area contributed by atoms with Crippen molar-refractivity contribution in [1.29, 1.82) is 0 Å². The molecule has 44 heavy (non-hydrogen) atoms. The van der Waals surface area contributed by atoms with E-state index in [-0.39, 0.29) is 23.4 Å². The lowest BCUT2D eigenvalue weighted by Crippen LogP contribution is -2.55. The van der Waals surface area contributed by atoms with Crippen LogP contribution in [0.25, 0.3) is 11.8 Å². The molecule has 0 spiro atoms. The van der Waals surface area contributed by atoms with Gasteiger partial charge in [-0.3, -0.25) is 24.7 Å². The number of amides is 2. The number of benzene rings is 4. The van der Waals surface area contributed by atoms with E-state index < -0.39 is 34.7 Å². The predicted octanol–water partition coefficient (Wildman–Crippen LogP) is 5.69. The van der Waals surface area contributed by atoms with E-state index in [4.69, 9.17) is 9.47 Å². The molecule has 220 valence electrons. The van der Waals surface area contributed by atoms with Crippen LogP contribution in [0.2, 0.25) is 0 Å². The number of esters is 1. The van der Waals surface area contributed by atoms with Gasteiger partial charge in [0.2, 0.25) is 0 Å². The summed E-state index contributed by atoms with van der Waals surface area (Å²) in [5.74, 6) is -2.06. The fraction of sp³-hybridized carbons (Fsp3) is 0.147. The number of hydrazine groups is 1. The second kappa shape index (κ2) is 11.5. The number of imide groups is 1. The molecule has 6 rings (SSSR count). The first-order valence-corrected chi connectivity index (χ1v) is 14.0.